The van der Waals surface area contributed by atoms with Crippen molar-refractivity contribution in [3.8, 4) is 5.75 Å². The summed E-state index contributed by atoms with van der Waals surface area (Å²) in [6, 6.07) is 13.5. The average molecular weight is 332 g/mol. The summed E-state index contributed by atoms with van der Waals surface area (Å²) in [7, 11) is 1.78. The first-order valence-corrected chi connectivity index (χ1v) is 8.02. The second-order valence-electron chi connectivity index (χ2n) is 5.76. The van der Waals surface area contributed by atoms with Crippen molar-refractivity contribution in [1.29, 1.82) is 0 Å². The summed E-state index contributed by atoms with van der Waals surface area (Å²) in [5.74, 6) is 0.872. The van der Waals surface area contributed by atoms with Gasteiger partial charge in [-0.1, -0.05) is 35.9 Å². The Morgan fingerprint density at radius 2 is 1.78 bits per heavy atom. The molecule has 0 saturated heterocycles. The number of rotatable bonds is 6. The lowest BCUT2D eigenvalue weighted by atomic mass is 10.1. The SMILES string of the molecule is Cc1cc(C)cc(OCCN(C)C(=O)Cc2ccccc2Cl)c1. The molecule has 0 heterocycles. The van der Waals surface area contributed by atoms with E-state index in [1.807, 2.05) is 44.2 Å². The van der Waals surface area contributed by atoms with Crippen molar-refractivity contribution >= 4 is 17.5 Å². The zero-order chi connectivity index (χ0) is 16.8. The van der Waals surface area contributed by atoms with Crippen LogP contribution in [0.25, 0.3) is 0 Å². The third-order valence-corrected chi connectivity index (χ3v) is 3.98. The van der Waals surface area contributed by atoms with E-state index in [9.17, 15) is 4.79 Å². The molecule has 2 aromatic rings. The topological polar surface area (TPSA) is 29.5 Å². The Kier molecular flexibility index (Phi) is 6.05. The quantitative estimate of drug-likeness (QED) is 0.799. The molecule has 3 nitrogen and oxygen atoms in total. The van der Waals surface area contributed by atoms with Gasteiger partial charge in [-0.3, -0.25) is 4.79 Å². The van der Waals surface area contributed by atoms with Crippen LogP contribution in [-0.4, -0.2) is 31.0 Å². The van der Waals surface area contributed by atoms with Gasteiger partial charge in [-0.15, -0.1) is 0 Å². The highest BCUT2D eigenvalue weighted by atomic mass is 35.5. The summed E-state index contributed by atoms with van der Waals surface area (Å²) in [5.41, 5.74) is 3.19. The molecule has 2 aromatic carbocycles. The van der Waals surface area contributed by atoms with E-state index in [0.717, 1.165) is 11.3 Å². The average Bonchev–Trinajstić information content (AvgIpc) is 2.48. The van der Waals surface area contributed by atoms with E-state index in [1.54, 1.807) is 18.0 Å². The number of hydrogen-bond acceptors (Lipinski definition) is 2. The third-order valence-electron chi connectivity index (χ3n) is 3.62. The Morgan fingerprint density at radius 3 is 2.43 bits per heavy atom. The molecule has 0 aromatic heterocycles. The minimum Gasteiger partial charge on any atom is -0.492 e. The number of benzene rings is 2. The summed E-state index contributed by atoms with van der Waals surface area (Å²) >= 11 is 6.09. The molecule has 0 aliphatic carbocycles. The fourth-order valence-electron chi connectivity index (χ4n) is 2.38. The van der Waals surface area contributed by atoms with Gasteiger partial charge in [-0.25, -0.2) is 0 Å². The first kappa shape index (κ1) is 17.4. The minimum atomic E-state index is 0.0297. The molecule has 0 aliphatic rings. The largest absolute Gasteiger partial charge is 0.492 e. The zero-order valence-corrected chi connectivity index (χ0v) is 14.6. The number of carbonyl (C=O) groups excluding carboxylic acids is 1. The van der Waals surface area contributed by atoms with Gasteiger partial charge in [0, 0.05) is 12.1 Å². The smallest absolute Gasteiger partial charge is 0.226 e. The second kappa shape index (κ2) is 8.02. The van der Waals surface area contributed by atoms with E-state index in [1.165, 1.54) is 11.1 Å². The predicted octanol–water partition coefficient (Wildman–Crippen LogP) is 4.04. The molecule has 0 fully saturated rings. The maximum Gasteiger partial charge on any atom is 0.226 e. The minimum absolute atomic E-state index is 0.0297. The van der Waals surface area contributed by atoms with Crippen molar-refractivity contribution < 1.29 is 9.53 Å². The lowest BCUT2D eigenvalue weighted by molar-refractivity contribution is -0.129. The van der Waals surface area contributed by atoms with Crippen LogP contribution in [0.3, 0.4) is 0 Å². The number of carbonyl (C=O) groups is 1. The Balaban J connectivity index is 1.83. The first-order valence-electron chi connectivity index (χ1n) is 7.64. The van der Waals surface area contributed by atoms with Gasteiger partial charge in [0.25, 0.3) is 0 Å². The molecular weight excluding hydrogens is 310 g/mol. The van der Waals surface area contributed by atoms with Crippen LogP contribution in [0.4, 0.5) is 0 Å². The normalized spacial score (nSPS) is 10.4. The van der Waals surface area contributed by atoms with Gasteiger partial charge in [-0.2, -0.15) is 0 Å². The molecule has 0 bridgehead atoms. The highest BCUT2D eigenvalue weighted by molar-refractivity contribution is 6.31. The fraction of sp³-hybridized carbons (Fsp3) is 0.316. The highest BCUT2D eigenvalue weighted by Crippen LogP contribution is 2.17. The number of amides is 1. The van der Waals surface area contributed by atoms with Crippen LogP contribution in [-0.2, 0) is 11.2 Å². The lowest BCUT2D eigenvalue weighted by Crippen LogP contribution is -2.32. The van der Waals surface area contributed by atoms with E-state index in [0.29, 0.717) is 24.6 Å². The molecular formula is C19H22ClNO2. The molecule has 1 amide bonds. The lowest BCUT2D eigenvalue weighted by Gasteiger charge is -2.18. The van der Waals surface area contributed by atoms with Gasteiger partial charge in [0.05, 0.1) is 13.0 Å². The van der Waals surface area contributed by atoms with Gasteiger partial charge in [-0.05, 0) is 48.7 Å². The van der Waals surface area contributed by atoms with E-state index < -0.39 is 0 Å². The Labute approximate surface area is 142 Å². The van der Waals surface area contributed by atoms with Crippen molar-refractivity contribution in [2.45, 2.75) is 20.3 Å². The monoisotopic (exact) mass is 331 g/mol. The zero-order valence-electron chi connectivity index (χ0n) is 13.8. The van der Waals surface area contributed by atoms with Crippen molar-refractivity contribution in [2.24, 2.45) is 0 Å². The maximum absolute atomic E-state index is 12.2. The Morgan fingerprint density at radius 1 is 1.13 bits per heavy atom. The summed E-state index contributed by atoms with van der Waals surface area (Å²) in [4.78, 5) is 13.9. The molecule has 0 saturated carbocycles. The van der Waals surface area contributed by atoms with Crippen LogP contribution in [0, 0.1) is 13.8 Å². The van der Waals surface area contributed by atoms with Crippen LogP contribution in [0.1, 0.15) is 16.7 Å². The molecule has 0 unspecified atom stereocenters. The van der Waals surface area contributed by atoms with Gasteiger partial charge in [0.15, 0.2) is 0 Å². The number of ether oxygens (including phenoxy) is 1. The van der Waals surface area contributed by atoms with Crippen molar-refractivity contribution in [3.63, 3.8) is 0 Å². The van der Waals surface area contributed by atoms with Gasteiger partial charge in [0.1, 0.15) is 12.4 Å². The molecule has 0 atom stereocenters. The van der Waals surface area contributed by atoms with Crippen molar-refractivity contribution in [2.75, 3.05) is 20.2 Å². The summed E-state index contributed by atoms with van der Waals surface area (Å²) in [6.07, 6.45) is 0.305. The summed E-state index contributed by atoms with van der Waals surface area (Å²) in [5, 5.41) is 0.626. The van der Waals surface area contributed by atoms with Gasteiger partial charge < -0.3 is 9.64 Å². The van der Waals surface area contributed by atoms with Gasteiger partial charge >= 0.3 is 0 Å². The molecule has 0 aliphatic heterocycles. The summed E-state index contributed by atoms with van der Waals surface area (Å²) in [6.45, 7) is 5.09. The number of halogens is 1. The van der Waals surface area contributed by atoms with E-state index in [4.69, 9.17) is 16.3 Å². The van der Waals surface area contributed by atoms with Crippen LogP contribution in [0.2, 0.25) is 5.02 Å². The Hall–Kier alpha value is -2.00. The van der Waals surface area contributed by atoms with E-state index in [-0.39, 0.29) is 5.91 Å². The maximum atomic E-state index is 12.2. The predicted molar refractivity (Wildman–Crippen MR) is 94.2 cm³/mol. The summed E-state index contributed by atoms with van der Waals surface area (Å²) < 4.78 is 5.74. The second-order valence-corrected chi connectivity index (χ2v) is 6.16. The number of likely N-dealkylation sites (N-methyl/N-ethyl adjacent to an activating group) is 1. The number of aryl methyl sites for hydroxylation is 2. The molecule has 0 radical (unpaired) electrons. The van der Waals surface area contributed by atoms with Crippen LogP contribution in [0.5, 0.6) is 5.75 Å². The van der Waals surface area contributed by atoms with Gasteiger partial charge in [0.2, 0.25) is 5.91 Å². The van der Waals surface area contributed by atoms with E-state index >= 15 is 0 Å². The molecule has 0 spiro atoms. The van der Waals surface area contributed by atoms with Crippen molar-refractivity contribution in [3.05, 3.63) is 64.2 Å². The standard InChI is InChI=1S/C19H22ClNO2/c1-14-10-15(2)12-17(11-14)23-9-8-21(3)19(22)13-16-6-4-5-7-18(16)20/h4-7,10-12H,8-9,13H2,1-3H3. The van der Waals surface area contributed by atoms with Crippen molar-refractivity contribution in [1.82, 2.24) is 4.90 Å². The molecule has 2 rings (SSSR count). The molecule has 0 N–H and O–H groups in total. The molecule has 4 heteroatoms. The van der Waals surface area contributed by atoms with Crippen LogP contribution < -0.4 is 4.74 Å². The number of nitrogens with zero attached hydrogens (tertiary/aromatic N) is 1. The third kappa shape index (κ3) is 5.29. The highest BCUT2D eigenvalue weighted by Gasteiger charge is 2.11. The fourth-order valence-corrected chi connectivity index (χ4v) is 2.58. The molecule has 122 valence electrons. The Bertz CT molecular complexity index is 665. The number of hydrogen-bond donors (Lipinski definition) is 0. The first-order chi connectivity index (χ1) is 11.0. The van der Waals surface area contributed by atoms with Crippen LogP contribution in [0.15, 0.2) is 42.5 Å². The van der Waals surface area contributed by atoms with E-state index in [2.05, 4.69) is 6.07 Å². The van der Waals surface area contributed by atoms with Crippen LogP contribution >= 0.6 is 11.6 Å². The molecule has 23 heavy (non-hydrogen) atoms.